The van der Waals surface area contributed by atoms with Crippen LogP contribution in [-0.2, 0) is 10.3 Å². The summed E-state index contributed by atoms with van der Waals surface area (Å²) in [7, 11) is 1.81. The second-order valence-electron chi connectivity index (χ2n) is 5.83. The number of rotatable bonds is 5. The summed E-state index contributed by atoms with van der Waals surface area (Å²) in [5, 5.41) is 0. The molecule has 0 saturated heterocycles. The van der Waals surface area contributed by atoms with Crippen molar-refractivity contribution < 1.29 is 9.47 Å². The van der Waals surface area contributed by atoms with Gasteiger partial charge in [-0.05, 0) is 50.7 Å². The number of nitrogens with two attached hydrogens (primary N) is 1. The summed E-state index contributed by atoms with van der Waals surface area (Å²) < 4.78 is 11.9. The lowest BCUT2D eigenvalue weighted by molar-refractivity contribution is -0.0498. The molecule has 0 heterocycles. The molecule has 1 aromatic rings. The summed E-state index contributed by atoms with van der Waals surface area (Å²) in [6, 6.07) is 6.57. The number of benzene rings is 1. The molecule has 0 amide bonds. The zero-order chi connectivity index (χ0) is 14.6. The van der Waals surface area contributed by atoms with Gasteiger partial charge in [-0.2, -0.15) is 0 Å². The van der Waals surface area contributed by atoms with Gasteiger partial charge < -0.3 is 15.2 Å². The molecule has 112 valence electrons. The van der Waals surface area contributed by atoms with E-state index in [2.05, 4.69) is 32.0 Å². The minimum atomic E-state index is -0.232. The first kappa shape index (κ1) is 15.3. The summed E-state index contributed by atoms with van der Waals surface area (Å²) in [6.07, 6.45) is 4.97. The molecular formula is C17H27NO2. The van der Waals surface area contributed by atoms with Crippen molar-refractivity contribution in [3.05, 3.63) is 29.3 Å². The van der Waals surface area contributed by atoms with Crippen molar-refractivity contribution in [2.75, 3.05) is 13.7 Å². The molecule has 1 aliphatic carbocycles. The molecule has 3 heteroatoms. The SMILES string of the molecule is CCCOc1cccc(C)c1C1(OC)CCC(N)CC1. The van der Waals surface area contributed by atoms with Crippen molar-refractivity contribution in [2.45, 2.75) is 57.6 Å². The van der Waals surface area contributed by atoms with Crippen molar-refractivity contribution in [1.82, 2.24) is 0 Å². The zero-order valence-electron chi connectivity index (χ0n) is 12.9. The lowest BCUT2D eigenvalue weighted by Gasteiger charge is -2.40. The van der Waals surface area contributed by atoms with E-state index in [9.17, 15) is 0 Å². The summed E-state index contributed by atoms with van der Waals surface area (Å²) >= 11 is 0. The molecule has 20 heavy (non-hydrogen) atoms. The molecule has 0 spiro atoms. The molecule has 2 N–H and O–H groups in total. The van der Waals surface area contributed by atoms with Crippen LogP contribution in [0.15, 0.2) is 18.2 Å². The average Bonchev–Trinajstić information content (AvgIpc) is 2.47. The van der Waals surface area contributed by atoms with E-state index in [-0.39, 0.29) is 5.60 Å². The molecular weight excluding hydrogens is 250 g/mol. The van der Waals surface area contributed by atoms with Crippen LogP contribution in [0.1, 0.15) is 50.2 Å². The van der Waals surface area contributed by atoms with Gasteiger partial charge in [0.1, 0.15) is 5.75 Å². The molecule has 2 rings (SSSR count). The summed E-state index contributed by atoms with van der Waals surface area (Å²) in [6.45, 7) is 5.01. The Morgan fingerprint density at radius 2 is 2.00 bits per heavy atom. The zero-order valence-corrected chi connectivity index (χ0v) is 12.9. The van der Waals surface area contributed by atoms with Gasteiger partial charge in [-0.3, -0.25) is 0 Å². The average molecular weight is 277 g/mol. The van der Waals surface area contributed by atoms with Crippen molar-refractivity contribution in [3.63, 3.8) is 0 Å². The standard InChI is InChI=1S/C17H27NO2/c1-4-12-20-15-7-5-6-13(2)16(15)17(19-3)10-8-14(18)9-11-17/h5-7,14H,4,8-12,18H2,1-3H3. The van der Waals surface area contributed by atoms with Crippen LogP contribution in [0.5, 0.6) is 5.75 Å². The number of hydrogen-bond donors (Lipinski definition) is 1. The maximum atomic E-state index is 6.06. The number of aryl methyl sites for hydroxylation is 1. The molecule has 3 nitrogen and oxygen atoms in total. The van der Waals surface area contributed by atoms with Gasteiger partial charge >= 0.3 is 0 Å². The fourth-order valence-corrected chi connectivity index (χ4v) is 3.22. The fraction of sp³-hybridized carbons (Fsp3) is 0.647. The van der Waals surface area contributed by atoms with Crippen LogP contribution in [0.3, 0.4) is 0 Å². The van der Waals surface area contributed by atoms with E-state index in [1.54, 1.807) is 0 Å². The van der Waals surface area contributed by atoms with E-state index in [1.807, 2.05) is 7.11 Å². The second kappa shape index (κ2) is 6.59. The maximum absolute atomic E-state index is 6.06. The molecule has 0 radical (unpaired) electrons. The number of methoxy groups -OCH3 is 1. The number of hydrogen-bond acceptors (Lipinski definition) is 3. The van der Waals surface area contributed by atoms with Gasteiger partial charge in [0, 0.05) is 18.7 Å². The van der Waals surface area contributed by atoms with Crippen molar-refractivity contribution in [3.8, 4) is 5.75 Å². The molecule has 1 aliphatic rings. The van der Waals surface area contributed by atoms with Crippen LogP contribution in [0.4, 0.5) is 0 Å². The Hall–Kier alpha value is -1.06. The first-order valence-corrected chi connectivity index (χ1v) is 7.66. The molecule has 1 saturated carbocycles. The highest BCUT2D eigenvalue weighted by molar-refractivity contribution is 5.44. The Morgan fingerprint density at radius 3 is 2.60 bits per heavy atom. The molecule has 1 aromatic carbocycles. The normalized spacial score (nSPS) is 26.5. The van der Waals surface area contributed by atoms with Gasteiger partial charge in [0.15, 0.2) is 0 Å². The summed E-state index contributed by atoms with van der Waals surface area (Å²) in [5.74, 6) is 0.976. The molecule has 0 aliphatic heterocycles. The van der Waals surface area contributed by atoms with Crippen LogP contribution in [0.25, 0.3) is 0 Å². The van der Waals surface area contributed by atoms with E-state index >= 15 is 0 Å². The van der Waals surface area contributed by atoms with Gasteiger partial charge in [0.05, 0.1) is 12.2 Å². The Balaban J connectivity index is 2.37. The lowest BCUT2D eigenvalue weighted by Crippen LogP contribution is -2.39. The topological polar surface area (TPSA) is 44.5 Å². The fourth-order valence-electron chi connectivity index (χ4n) is 3.22. The predicted octanol–water partition coefficient (Wildman–Crippen LogP) is 3.53. The highest BCUT2D eigenvalue weighted by Crippen LogP contribution is 2.45. The van der Waals surface area contributed by atoms with Crippen LogP contribution < -0.4 is 10.5 Å². The second-order valence-corrected chi connectivity index (χ2v) is 5.83. The van der Waals surface area contributed by atoms with E-state index in [1.165, 1.54) is 11.1 Å². The third-order valence-corrected chi connectivity index (χ3v) is 4.38. The third-order valence-electron chi connectivity index (χ3n) is 4.38. The highest BCUT2D eigenvalue weighted by atomic mass is 16.5. The van der Waals surface area contributed by atoms with Gasteiger partial charge in [-0.1, -0.05) is 19.1 Å². The predicted molar refractivity (Wildman–Crippen MR) is 82.1 cm³/mol. The van der Waals surface area contributed by atoms with E-state index in [0.717, 1.165) is 44.5 Å². The van der Waals surface area contributed by atoms with E-state index in [4.69, 9.17) is 15.2 Å². The van der Waals surface area contributed by atoms with Gasteiger partial charge in [-0.25, -0.2) is 0 Å². The first-order valence-electron chi connectivity index (χ1n) is 7.66. The van der Waals surface area contributed by atoms with E-state index in [0.29, 0.717) is 6.04 Å². The smallest absolute Gasteiger partial charge is 0.125 e. The van der Waals surface area contributed by atoms with Gasteiger partial charge in [-0.15, -0.1) is 0 Å². The van der Waals surface area contributed by atoms with Crippen LogP contribution in [-0.4, -0.2) is 19.8 Å². The quantitative estimate of drug-likeness (QED) is 0.895. The Kier molecular flexibility index (Phi) is 5.06. The van der Waals surface area contributed by atoms with Crippen LogP contribution in [0, 0.1) is 6.92 Å². The Morgan fingerprint density at radius 1 is 1.30 bits per heavy atom. The largest absolute Gasteiger partial charge is 0.493 e. The molecule has 0 aromatic heterocycles. The minimum Gasteiger partial charge on any atom is -0.493 e. The Bertz CT molecular complexity index is 437. The van der Waals surface area contributed by atoms with Crippen molar-refractivity contribution in [1.29, 1.82) is 0 Å². The van der Waals surface area contributed by atoms with Gasteiger partial charge in [0.2, 0.25) is 0 Å². The van der Waals surface area contributed by atoms with Crippen molar-refractivity contribution >= 4 is 0 Å². The third kappa shape index (κ3) is 2.99. The molecule has 0 unspecified atom stereocenters. The minimum absolute atomic E-state index is 0.232. The summed E-state index contributed by atoms with van der Waals surface area (Å²) in [5.41, 5.74) is 8.30. The highest BCUT2D eigenvalue weighted by Gasteiger charge is 2.39. The van der Waals surface area contributed by atoms with Crippen LogP contribution in [0.2, 0.25) is 0 Å². The van der Waals surface area contributed by atoms with Crippen molar-refractivity contribution in [2.24, 2.45) is 5.73 Å². The lowest BCUT2D eigenvalue weighted by atomic mass is 9.76. The molecule has 1 fully saturated rings. The molecule has 0 bridgehead atoms. The van der Waals surface area contributed by atoms with Crippen LogP contribution >= 0.6 is 0 Å². The summed E-state index contributed by atoms with van der Waals surface area (Å²) in [4.78, 5) is 0. The first-order chi connectivity index (χ1) is 9.63. The number of ether oxygens (including phenoxy) is 2. The maximum Gasteiger partial charge on any atom is 0.125 e. The van der Waals surface area contributed by atoms with Gasteiger partial charge in [0.25, 0.3) is 0 Å². The monoisotopic (exact) mass is 277 g/mol. The Labute approximate surface area is 122 Å². The molecule has 0 atom stereocenters. The van der Waals surface area contributed by atoms with E-state index < -0.39 is 0 Å².